The molecule has 0 radical (unpaired) electrons. The van der Waals surface area contributed by atoms with Gasteiger partial charge in [0.25, 0.3) is 0 Å². The predicted molar refractivity (Wildman–Crippen MR) is 30.3 cm³/mol. The second kappa shape index (κ2) is 6.19. The molecule has 0 saturated carbocycles. The molecule has 0 amide bonds. The van der Waals surface area contributed by atoms with Crippen molar-refractivity contribution in [2.75, 3.05) is 13.7 Å². The summed E-state index contributed by atoms with van der Waals surface area (Å²) in [6.45, 7) is 0.598. The van der Waals surface area contributed by atoms with Gasteiger partial charge in [0.05, 0.1) is 6.61 Å². The number of carbonyl (C=O) groups is 1. The average molecular weight is 112 g/mol. The van der Waals surface area contributed by atoms with E-state index in [-0.39, 0.29) is 0 Å². The second-order valence-electron chi connectivity index (χ2n) is 1.18. The van der Waals surface area contributed by atoms with E-state index < -0.39 is 0 Å². The van der Waals surface area contributed by atoms with Crippen LogP contribution in [0.1, 0.15) is 6.42 Å². The van der Waals surface area contributed by atoms with Gasteiger partial charge >= 0.3 is 0 Å². The van der Waals surface area contributed by atoms with Crippen molar-refractivity contribution in [1.29, 1.82) is 0 Å². The van der Waals surface area contributed by atoms with Gasteiger partial charge in [-0.25, -0.2) is 0 Å². The number of hydrogen-bond donors (Lipinski definition) is 0. The zero-order valence-corrected chi connectivity index (χ0v) is 4.81. The Morgan fingerprint density at radius 3 is 3.00 bits per heavy atom. The number of rotatable bonds is 2. The van der Waals surface area contributed by atoms with Crippen molar-refractivity contribution in [2.45, 2.75) is 6.42 Å². The molecular formula is C6H8O2. The third-order valence-corrected chi connectivity index (χ3v) is 0.592. The molecule has 0 aliphatic carbocycles. The zero-order chi connectivity index (χ0) is 6.24. The van der Waals surface area contributed by atoms with Gasteiger partial charge in [0.1, 0.15) is 0 Å². The van der Waals surface area contributed by atoms with Crippen LogP contribution in [0.25, 0.3) is 0 Å². The summed E-state index contributed by atoms with van der Waals surface area (Å²) in [5.74, 6) is 4.87. The Morgan fingerprint density at radius 2 is 2.50 bits per heavy atom. The first-order valence-electron chi connectivity index (χ1n) is 2.32. The second-order valence-corrected chi connectivity index (χ2v) is 1.18. The molecule has 2 nitrogen and oxygen atoms in total. The Balaban J connectivity index is 3.02. The molecule has 0 heterocycles. The van der Waals surface area contributed by atoms with E-state index in [9.17, 15) is 4.79 Å². The van der Waals surface area contributed by atoms with Crippen LogP contribution in [0.3, 0.4) is 0 Å². The largest absolute Gasteiger partial charge is 0.384 e. The minimum Gasteiger partial charge on any atom is -0.384 e. The Bertz CT molecular complexity index is 107. The molecule has 0 aromatic carbocycles. The summed E-state index contributed by atoms with van der Waals surface area (Å²) in [6.07, 6.45) is 1.21. The van der Waals surface area contributed by atoms with E-state index in [1.165, 1.54) is 0 Å². The summed E-state index contributed by atoms with van der Waals surface area (Å²) < 4.78 is 4.67. The van der Waals surface area contributed by atoms with Gasteiger partial charge in [0.15, 0.2) is 6.29 Å². The molecule has 44 valence electrons. The van der Waals surface area contributed by atoms with Gasteiger partial charge in [-0.3, -0.25) is 4.79 Å². The molecule has 8 heavy (non-hydrogen) atoms. The molecule has 2 heteroatoms. The lowest BCUT2D eigenvalue weighted by molar-refractivity contribution is -0.103. The van der Waals surface area contributed by atoms with Gasteiger partial charge in [-0.05, 0) is 5.92 Å². The Kier molecular flexibility index (Phi) is 5.56. The topological polar surface area (TPSA) is 26.3 Å². The van der Waals surface area contributed by atoms with E-state index in [4.69, 9.17) is 0 Å². The first-order valence-corrected chi connectivity index (χ1v) is 2.32. The normalized spacial score (nSPS) is 7.12. The molecule has 0 aromatic rings. The molecular weight excluding hydrogens is 104 g/mol. The highest BCUT2D eigenvalue weighted by Crippen LogP contribution is 1.73. The van der Waals surface area contributed by atoms with Gasteiger partial charge in [0.2, 0.25) is 0 Å². The summed E-state index contributed by atoms with van der Waals surface area (Å²) in [4.78, 5) is 9.55. The Labute approximate surface area is 48.8 Å². The third kappa shape index (κ3) is 5.19. The Hall–Kier alpha value is -0.810. The third-order valence-electron chi connectivity index (χ3n) is 0.592. The number of hydrogen-bond acceptors (Lipinski definition) is 2. The first-order chi connectivity index (χ1) is 3.91. The van der Waals surface area contributed by atoms with Gasteiger partial charge in [-0.1, -0.05) is 5.92 Å². The summed E-state index contributed by atoms with van der Waals surface area (Å²) in [5, 5.41) is 0. The first kappa shape index (κ1) is 7.19. The van der Waals surface area contributed by atoms with E-state index in [0.717, 1.165) is 0 Å². The molecule has 0 N–H and O–H groups in total. The Morgan fingerprint density at radius 1 is 1.75 bits per heavy atom. The maximum atomic E-state index is 9.55. The van der Waals surface area contributed by atoms with E-state index in [0.29, 0.717) is 19.3 Å². The van der Waals surface area contributed by atoms with Crippen LogP contribution in [0.4, 0.5) is 0 Å². The molecule has 0 aromatic heterocycles. The number of carbonyl (C=O) groups excluding carboxylic acids is 1. The van der Waals surface area contributed by atoms with Crippen LogP contribution >= 0.6 is 0 Å². The van der Waals surface area contributed by atoms with E-state index in [1.807, 2.05) is 0 Å². The zero-order valence-electron chi connectivity index (χ0n) is 4.81. The number of methoxy groups -OCH3 is 1. The van der Waals surface area contributed by atoms with E-state index >= 15 is 0 Å². The van der Waals surface area contributed by atoms with E-state index in [2.05, 4.69) is 16.6 Å². The van der Waals surface area contributed by atoms with E-state index in [1.54, 1.807) is 7.11 Å². The lowest BCUT2D eigenvalue weighted by Crippen LogP contribution is -1.83. The molecule has 0 aliphatic heterocycles. The molecule has 0 atom stereocenters. The smallest absolute Gasteiger partial charge is 0.192 e. The number of ether oxygens (including phenoxy) is 1. The van der Waals surface area contributed by atoms with Crippen molar-refractivity contribution in [1.82, 2.24) is 0 Å². The highest BCUT2D eigenvalue weighted by molar-refractivity contribution is 5.72. The maximum Gasteiger partial charge on any atom is 0.192 e. The fraction of sp³-hybridized carbons (Fsp3) is 0.500. The maximum absolute atomic E-state index is 9.55. The average Bonchev–Trinajstić information content (AvgIpc) is 1.81. The summed E-state index contributed by atoms with van der Waals surface area (Å²) in [7, 11) is 1.60. The van der Waals surface area contributed by atoms with Gasteiger partial charge < -0.3 is 4.74 Å². The minimum absolute atomic E-state index is 0.579. The summed E-state index contributed by atoms with van der Waals surface area (Å²) in [5.41, 5.74) is 0. The van der Waals surface area contributed by atoms with Crippen LogP contribution in [-0.4, -0.2) is 20.0 Å². The van der Waals surface area contributed by atoms with Gasteiger partial charge in [-0.15, -0.1) is 0 Å². The van der Waals surface area contributed by atoms with Crippen molar-refractivity contribution in [3.8, 4) is 11.8 Å². The van der Waals surface area contributed by atoms with Crippen LogP contribution in [0.15, 0.2) is 0 Å². The molecule has 0 saturated heterocycles. The van der Waals surface area contributed by atoms with Crippen molar-refractivity contribution in [3.63, 3.8) is 0 Å². The highest BCUT2D eigenvalue weighted by atomic mass is 16.5. The van der Waals surface area contributed by atoms with Crippen LogP contribution in [0.5, 0.6) is 0 Å². The molecule has 0 bridgehead atoms. The van der Waals surface area contributed by atoms with Crippen molar-refractivity contribution in [2.24, 2.45) is 0 Å². The summed E-state index contributed by atoms with van der Waals surface area (Å²) >= 11 is 0. The van der Waals surface area contributed by atoms with Crippen LogP contribution in [0.2, 0.25) is 0 Å². The van der Waals surface area contributed by atoms with Crippen LogP contribution in [-0.2, 0) is 9.53 Å². The molecule has 0 fully saturated rings. The standard InChI is InChI=1S/C6H8O2/c1-8-6-4-2-3-5-7/h5H,4,6H2,1H3. The quantitative estimate of drug-likeness (QED) is 0.290. The predicted octanol–water partition coefficient (Wildman–Crippen LogP) is 0.225. The van der Waals surface area contributed by atoms with Gasteiger partial charge in [0, 0.05) is 13.5 Å². The molecule has 0 rings (SSSR count). The minimum atomic E-state index is 0.579. The molecule has 0 unspecified atom stereocenters. The van der Waals surface area contributed by atoms with Crippen molar-refractivity contribution >= 4 is 6.29 Å². The van der Waals surface area contributed by atoms with Crippen molar-refractivity contribution in [3.05, 3.63) is 0 Å². The fourth-order valence-electron chi connectivity index (χ4n) is 0.267. The monoisotopic (exact) mass is 112 g/mol. The number of aldehydes is 1. The molecule has 0 spiro atoms. The van der Waals surface area contributed by atoms with Crippen LogP contribution in [0, 0.1) is 11.8 Å². The fourth-order valence-corrected chi connectivity index (χ4v) is 0.267. The highest BCUT2D eigenvalue weighted by Gasteiger charge is 1.72. The SMILES string of the molecule is COCCC#CC=O. The van der Waals surface area contributed by atoms with Gasteiger partial charge in [-0.2, -0.15) is 0 Å². The van der Waals surface area contributed by atoms with Crippen LogP contribution < -0.4 is 0 Å². The van der Waals surface area contributed by atoms with Crippen molar-refractivity contribution < 1.29 is 9.53 Å². The lowest BCUT2D eigenvalue weighted by Gasteiger charge is -1.85. The molecule has 0 aliphatic rings. The lowest BCUT2D eigenvalue weighted by atomic mass is 10.4. The summed E-state index contributed by atoms with van der Waals surface area (Å²) in [6, 6.07) is 0.